The molecule has 0 radical (unpaired) electrons. The molecule has 0 saturated carbocycles. The molecule has 134 valence electrons. The average Bonchev–Trinajstić information content (AvgIpc) is 3.07. The topological polar surface area (TPSA) is 77.2 Å². The van der Waals surface area contributed by atoms with E-state index in [1.165, 1.54) is 24.3 Å². The highest BCUT2D eigenvalue weighted by atomic mass is 19.1. The summed E-state index contributed by atoms with van der Waals surface area (Å²) in [6, 6.07) is 11.3. The predicted molar refractivity (Wildman–Crippen MR) is 94.3 cm³/mol. The van der Waals surface area contributed by atoms with Crippen LogP contribution in [0.2, 0.25) is 0 Å². The molecular weight excluding hydrogens is 337 g/mol. The molecule has 2 aromatic carbocycles. The molecule has 26 heavy (non-hydrogen) atoms. The van der Waals surface area contributed by atoms with Crippen molar-refractivity contribution in [1.82, 2.24) is 10.3 Å². The third kappa shape index (κ3) is 3.72. The molecule has 1 aromatic heterocycles. The van der Waals surface area contributed by atoms with Crippen LogP contribution in [0.25, 0.3) is 11.3 Å². The Labute approximate surface area is 149 Å². The molecule has 1 unspecified atom stereocenters. The zero-order valence-corrected chi connectivity index (χ0v) is 14.6. The summed E-state index contributed by atoms with van der Waals surface area (Å²) in [6.45, 7) is 5.55. The number of benzene rings is 2. The first-order valence-electron chi connectivity index (χ1n) is 8.08. The lowest BCUT2D eigenvalue weighted by Gasteiger charge is -2.16. The largest absolute Gasteiger partial charge is 0.481 e. The Balaban J connectivity index is 1.73. The molecule has 0 aliphatic rings. The Morgan fingerprint density at radius 2 is 1.88 bits per heavy atom. The quantitative estimate of drug-likeness (QED) is 0.751. The van der Waals surface area contributed by atoms with Gasteiger partial charge in [0.05, 0.1) is 0 Å². The fourth-order valence-electron chi connectivity index (χ4n) is 2.38. The second-order valence-electron chi connectivity index (χ2n) is 5.92. The van der Waals surface area contributed by atoms with E-state index in [4.69, 9.17) is 9.37 Å². The number of aromatic nitrogens is 2. The van der Waals surface area contributed by atoms with Crippen LogP contribution >= 0.6 is 0 Å². The highest BCUT2D eigenvalue weighted by Crippen LogP contribution is 2.25. The first kappa shape index (κ1) is 17.6. The van der Waals surface area contributed by atoms with Gasteiger partial charge in [0.1, 0.15) is 11.6 Å². The van der Waals surface area contributed by atoms with Crippen LogP contribution in [0, 0.1) is 19.7 Å². The molecule has 1 N–H and O–H groups in total. The van der Waals surface area contributed by atoms with Gasteiger partial charge in [-0.05, 0) is 72.5 Å². The number of aryl methyl sites for hydroxylation is 1. The van der Waals surface area contributed by atoms with Crippen molar-refractivity contribution in [3.05, 3.63) is 59.4 Å². The molecule has 1 atom stereocenters. The van der Waals surface area contributed by atoms with Gasteiger partial charge in [0, 0.05) is 5.56 Å². The van der Waals surface area contributed by atoms with Gasteiger partial charge in [0.15, 0.2) is 11.8 Å². The normalized spacial score (nSPS) is 11.8. The lowest BCUT2D eigenvalue weighted by molar-refractivity contribution is -0.122. The van der Waals surface area contributed by atoms with Crippen LogP contribution in [0.3, 0.4) is 0 Å². The second-order valence-corrected chi connectivity index (χ2v) is 5.92. The molecule has 0 aliphatic heterocycles. The SMILES string of the molecule is Cc1cccc(OC(C)C(=O)Nc2nonc2-c2ccc(F)cc2)c1C. The van der Waals surface area contributed by atoms with E-state index >= 15 is 0 Å². The number of ether oxygens (including phenoxy) is 1. The van der Waals surface area contributed by atoms with E-state index < -0.39 is 12.0 Å². The Morgan fingerprint density at radius 3 is 2.62 bits per heavy atom. The number of hydrogen-bond donors (Lipinski definition) is 1. The van der Waals surface area contributed by atoms with Crippen molar-refractivity contribution in [2.45, 2.75) is 26.9 Å². The van der Waals surface area contributed by atoms with Gasteiger partial charge in [0.25, 0.3) is 5.91 Å². The monoisotopic (exact) mass is 355 g/mol. The fraction of sp³-hybridized carbons (Fsp3) is 0.211. The van der Waals surface area contributed by atoms with Crippen molar-refractivity contribution in [1.29, 1.82) is 0 Å². The number of nitrogens with one attached hydrogen (secondary N) is 1. The lowest BCUT2D eigenvalue weighted by Crippen LogP contribution is -2.30. The summed E-state index contributed by atoms with van der Waals surface area (Å²) in [6.07, 6.45) is -0.756. The third-order valence-corrected chi connectivity index (χ3v) is 4.08. The van der Waals surface area contributed by atoms with E-state index in [0.717, 1.165) is 11.1 Å². The minimum Gasteiger partial charge on any atom is -0.481 e. The Hall–Kier alpha value is -3.22. The molecule has 0 spiro atoms. The van der Waals surface area contributed by atoms with E-state index in [1.807, 2.05) is 32.0 Å². The first-order valence-corrected chi connectivity index (χ1v) is 8.08. The summed E-state index contributed by atoms with van der Waals surface area (Å²) in [7, 11) is 0. The van der Waals surface area contributed by atoms with Gasteiger partial charge < -0.3 is 10.1 Å². The Bertz CT molecular complexity index is 922. The van der Waals surface area contributed by atoms with Crippen molar-refractivity contribution in [2.75, 3.05) is 5.32 Å². The highest BCUT2D eigenvalue weighted by Gasteiger charge is 2.21. The van der Waals surface area contributed by atoms with Gasteiger partial charge >= 0.3 is 0 Å². The molecule has 3 rings (SSSR count). The van der Waals surface area contributed by atoms with Gasteiger partial charge in [-0.15, -0.1) is 0 Å². The molecule has 1 amide bonds. The van der Waals surface area contributed by atoms with Crippen LogP contribution in [0.15, 0.2) is 47.1 Å². The minimum atomic E-state index is -0.756. The number of halogens is 1. The molecule has 7 heteroatoms. The molecular formula is C19H18FN3O3. The van der Waals surface area contributed by atoms with Crippen LogP contribution in [-0.2, 0) is 4.79 Å². The summed E-state index contributed by atoms with van der Waals surface area (Å²) in [5.41, 5.74) is 2.94. The van der Waals surface area contributed by atoms with Crippen molar-refractivity contribution in [3.8, 4) is 17.0 Å². The second kappa shape index (κ2) is 7.35. The summed E-state index contributed by atoms with van der Waals surface area (Å²) in [5.74, 6) is 0.0269. The Kier molecular flexibility index (Phi) is 4.97. The number of carbonyl (C=O) groups is 1. The summed E-state index contributed by atoms with van der Waals surface area (Å²) in [5, 5.41) is 10.1. The van der Waals surface area contributed by atoms with Crippen molar-refractivity contribution in [3.63, 3.8) is 0 Å². The molecule has 1 heterocycles. The van der Waals surface area contributed by atoms with E-state index in [9.17, 15) is 9.18 Å². The zero-order chi connectivity index (χ0) is 18.7. The maximum absolute atomic E-state index is 13.1. The van der Waals surface area contributed by atoms with Gasteiger partial charge in [-0.3, -0.25) is 4.79 Å². The molecule has 3 aromatic rings. The fourth-order valence-corrected chi connectivity index (χ4v) is 2.38. The first-order chi connectivity index (χ1) is 12.5. The predicted octanol–water partition coefficient (Wildman–Crippen LogP) is 3.90. The maximum Gasteiger partial charge on any atom is 0.266 e. The molecule has 0 aliphatic carbocycles. The third-order valence-electron chi connectivity index (χ3n) is 4.08. The highest BCUT2D eigenvalue weighted by molar-refractivity contribution is 5.95. The maximum atomic E-state index is 13.1. The number of hydrogen-bond acceptors (Lipinski definition) is 5. The van der Waals surface area contributed by atoms with Crippen LogP contribution < -0.4 is 10.1 Å². The minimum absolute atomic E-state index is 0.151. The standard InChI is InChI=1S/C19H18FN3O3/c1-11-5-4-6-16(12(11)2)25-13(3)19(24)21-18-17(22-26-23-18)14-7-9-15(20)10-8-14/h4-10,13H,1-3H3,(H,21,23,24). The van der Waals surface area contributed by atoms with Crippen molar-refractivity contribution >= 4 is 11.7 Å². The summed E-state index contributed by atoms with van der Waals surface area (Å²) in [4.78, 5) is 12.4. The number of nitrogens with zero attached hydrogens (tertiary/aromatic N) is 2. The smallest absolute Gasteiger partial charge is 0.266 e. The summed E-state index contributed by atoms with van der Waals surface area (Å²) < 4.78 is 23.5. The van der Waals surface area contributed by atoms with Crippen LogP contribution in [0.1, 0.15) is 18.1 Å². The van der Waals surface area contributed by atoms with Crippen LogP contribution in [0.5, 0.6) is 5.75 Å². The number of carbonyl (C=O) groups excluding carboxylic acids is 1. The van der Waals surface area contributed by atoms with Gasteiger partial charge in [-0.2, -0.15) is 0 Å². The average molecular weight is 355 g/mol. The summed E-state index contributed by atoms with van der Waals surface area (Å²) >= 11 is 0. The van der Waals surface area contributed by atoms with E-state index in [2.05, 4.69) is 15.6 Å². The molecule has 0 saturated heterocycles. The van der Waals surface area contributed by atoms with Gasteiger partial charge in [0.2, 0.25) is 5.82 Å². The van der Waals surface area contributed by atoms with Gasteiger partial charge in [-0.1, -0.05) is 12.1 Å². The molecule has 0 bridgehead atoms. The zero-order valence-electron chi connectivity index (χ0n) is 14.6. The lowest BCUT2D eigenvalue weighted by atomic mass is 10.1. The van der Waals surface area contributed by atoms with Crippen molar-refractivity contribution < 1.29 is 18.6 Å². The van der Waals surface area contributed by atoms with E-state index in [1.54, 1.807) is 6.92 Å². The van der Waals surface area contributed by atoms with Crippen molar-refractivity contribution in [2.24, 2.45) is 0 Å². The number of anilines is 1. The number of amides is 1. The molecule has 0 fully saturated rings. The number of rotatable bonds is 5. The van der Waals surface area contributed by atoms with Crippen LogP contribution in [-0.4, -0.2) is 22.3 Å². The van der Waals surface area contributed by atoms with Gasteiger partial charge in [-0.25, -0.2) is 9.02 Å². The van der Waals surface area contributed by atoms with E-state index in [0.29, 0.717) is 17.0 Å². The Morgan fingerprint density at radius 1 is 1.15 bits per heavy atom. The van der Waals surface area contributed by atoms with E-state index in [-0.39, 0.29) is 11.6 Å². The van der Waals surface area contributed by atoms with Crippen LogP contribution in [0.4, 0.5) is 10.2 Å². The molecule has 6 nitrogen and oxygen atoms in total.